The Balaban J connectivity index is 2.15. The van der Waals surface area contributed by atoms with E-state index in [-0.39, 0.29) is 6.54 Å². The van der Waals surface area contributed by atoms with Crippen LogP contribution < -0.4 is 15.6 Å². The van der Waals surface area contributed by atoms with Gasteiger partial charge >= 0.3 is 5.69 Å². The molecule has 0 bridgehead atoms. The van der Waals surface area contributed by atoms with Gasteiger partial charge in [-0.3, -0.25) is 14.1 Å². The molecule has 3 rings (SSSR count). The molecule has 7 nitrogen and oxygen atoms in total. The van der Waals surface area contributed by atoms with Crippen LogP contribution in [0.3, 0.4) is 0 Å². The molecule has 2 aromatic rings. The van der Waals surface area contributed by atoms with Crippen molar-refractivity contribution in [3.8, 4) is 0 Å². The van der Waals surface area contributed by atoms with Crippen molar-refractivity contribution in [1.29, 1.82) is 0 Å². The van der Waals surface area contributed by atoms with Crippen LogP contribution in [-0.4, -0.2) is 24.9 Å². The van der Waals surface area contributed by atoms with Crippen LogP contribution in [0.25, 0.3) is 0 Å². The lowest BCUT2D eigenvalue weighted by molar-refractivity contribution is 0.590. The third kappa shape index (κ3) is 1.85. The van der Waals surface area contributed by atoms with Crippen LogP contribution in [0.1, 0.15) is 5.56 Å². The number of benzene rings is 1. The molecule has 0 saturated carbocycles. The van der Waals surface area contributed by atoms with Gasteiger partial charge in [0.25, 0.3) is 15.6 Å². The molecule has 2 heterocycles. The summed E-state index contributed by atoms with van der Waals surface area (Å²) in [7, 11) is -3.98. The van der Waals surface area contributed by atoms with E-state index in [2.05, 4.69) is 4.98 Å². The molecule has 2 N–H and O–H groups in total. The summed E-state index contributed by atoms with van der Waals surface area (Å²) in [5.74, 6) is 0. The van der Waals surface area contributed by atoms with E-state index in [1.807, 2.05) is 17.1 Å². The molecule has 0 unspecified atom stereocenters. The molecule has 1 aliphatic heterocycles. The highest BCUT2D eigenvalue weighted by molar-refractivity contribution is 7.92. The van der Waals surface area contributed by atoms with Gasteiger partial charge in [-0.1, -0.05) is 18.2 Å². The zero-order valence-electron chi connectivity index (χ0n) is 10.3. The maximum absolute atomic E-state index is 12.5. The van der Waals surface area contributed by atoms with Gasteiger partial charge in [-0.2, -0.15) is 0 Å². The number of nitrogens with zero attached hydrogens (tertiary/aromatic N) is 1. The summed E-state index contributed by atoms with van der Waals surface area (Å²) in [6, 6.07) is 7.12. The van der Waals surface area contributed by atoms with Crippen molar-refractivity contribution in [1.82, 2.24) is 9.97 Å². The van der Waals surface area contributed by atoms with Crippen LogP contribution in [0.4, 0.5) is 5.69 Å². The first-order chi connectivity index (χ1) is 9.50. The van der Waals surface area contributed by atoms with Crippen LogP contribution >= 0.6 is 0 Å². The van der Waals surface area contributed by atoms with E-state index in [1.54, 1.807) is 12.1 Å². The molecule has 0 amide bonds. The molecular formula is C12H11N3O4S. The predicted octanol–water partition coefficient (Wildman–Crippen LogP) is -0.185. The molecule has 1 aromatic heterocycles. The minimum absolute atomic E-state index is 0.278. The van der Waals surface area contributed by atoms with Crippen molar-refractivity contribution in [2.24, 2.45) is 0 Å². The lowest BCUT2D eigenvalue weighted by Gasteiger charge is -2.18. The quantitative estimate of drug-likeness (QED) is 0.801. The van der Waals surface area contributed by atoms with Crippen molar-refractivity contribution < 1.29 is 8.42 Å². The fraction of sp³-hybridized carbons (Fsp3) is 0.167. The zero-order valence-corrected chi connectivity index (χ0v) is 11.1. The molecule has 0 aliphatic carbocycles. The van der Waals surface area contributed by atoms with Crippen molar-refractivity contribution >= 4 is 15.7 Å². The average molecular weight is 293 g/mol. The summed E-state index contributed by atoms with van der Waals surface area (Å²) in [5.41, 5.74) is -0.177. The summed E-state index contributed by atoms with van der Waals surface area (Å²) >= 11 is 0. The molecule has 0 radical (unpaired) electrons. The number of nitrogens with one attached hydrogen (secondary N) is 2. The Morgan fingerprint density at radius 2 is 1.90 bits per heavy atom. The van der Waals surface area contributed by atoms with E-state index in [4.69, 9.17) is 0 Å². The Morgan fingerprint density at radius 1 is 1.15 bits per heavy atom. The van der Waals surface area contributed by atoms with Gasteiger partial charge in [0, 0.05) is 12.7 Å². The first-order valence-corrected chi connectivity index (χ1v) is 7.37. The number of H-pyrrole nitrogens is 2. The van der Waals surface area contributed by atoms with Crippen LogP contribution in [0.5, 0.6) is 0 Å². The maximum atomic E-state index is 12.5. The number of para-hydroxylation sites is 1. The van der Waals surface area contributed by atoms with Crippen molar-refractivity contribution in [2.75, 3.05) is 10.8 Å². The third-order valence-electron chi connectivity index (χ3n) is 3.20. The lowest BCUT2D eigenvalue weighted by atomic mass is 10.2. The van der Waals surface area contributed by atoms with Gasteiger partial charge in [0.15, 0.2) is 4.90 Å². The van der Waals surface area contributed by atoms with Crippen molar-refractivity contribution in [3.63, 3.8) is 0 Å². The summed E-state index contributed by atoms with van der Waals surface area (Å²) in [4.78, 5) is 26.3. The molecule has 0 saturated heterocycles. The minimum Gasteiger partial charge on any atom is -0.313 e. The number of rotatable bonds is 2. The standard InChI is InChI=1S/C12H11N3O4S/c16-11-10(7-13-12(17)14-11)20(18,19)15-6-5-8-3-1-2-4-9(8)15/h1-4,7H,5-6H2,(H2,13,14,16,17). The lowest BCUT2D eigenvalue weighted by Crippen LogP contribution is -2.35. The second-order valence-electron chi connectivity index (χ2n) is 4.39. The Labute approximate surface area is 113 Å². The van der Waals surface area contributed by atoms with Gasteiger partial charge in [0.1, 0.15) is 0 Å². The van der Waals surface area contributed by atoms with Crippen molar-refractivity contribution in [2.45, 2.75) is 11.3 Å². The molecule has 0 atom stereocenters. The molecule has 8 heteroatoms. The van der Waals surface area contributed by atoms with Crippen LogP contribution in [-0.2, 0) is 16.4 Å². The van der Waals surface area contributed by atoms with Crippen LogP contribution in [0.15, 0.2) is 44.9 Å². The summed E-state index contributed by atoms with van der Waals surface area (Å²) < 4.78 is 26.2. The predicted molar refractivity (Wildman–Crippen MR) is 72.4 cm³/mol. The molecule has 0 spiro atoms. The fourth-order valence-electron chi connectivity index (χ4n) is 2.27. The highest BCUT2D eigenvalue weighted by Crippen LogP contribution is 2.31. The van der Waals surface area contributed by atoms with Gasteiger partial charge < -0.3 is 4.98 Å². The highest BCUT2D eigenvalue weighted by Gasteiger charge is 2.32. The number of aromatic nitrogens is 2. The first kappa shape index (κ1) is 12.7. The van der Waals surface area contributed by atoms with Crippen LogP contribution in [0, 0.1) is 0 Å². The second-order valence-corrected chi connectivity index (χ2v) is 6.22. The molecule has 1 aliphatic rings. The van der Waals surface area contributed by atoms with Gasteiger partial charge in [-0.15, -0.1) is 0 Å². The number of anilines is 1. The zero-order chi connectivity index (χ0) is 14.3. The summed E-state index contributed by atoms with van der Waals surface area (Å²) in [6.45, 7) is 0.278. The Morgan fingerprint density at radius 3 is 2.65 bits per heavy atom. The van der Waals surface area contributed by atoms with Gasteiger partial charge in [0.2, 0.25) is 0 Å². The number of hydrogen-bond acceptors (Lipinski definition) is 4. The Kier molecular flexibility index (Phi) is 2.75. The molecule has 0 fully saturated rings. The second kappa shape index (κ2) is 4.34. The van der Waals surface area contributed by atoms with E-state index in [9.17, 15) is 18.0 Å². The minimum atomic E-state index is -3.98. The molecule has 104 valence electrons. The van der Waals surface area contributed by atoms with Gasteiger partial charge in [-0.25, -0.2) is 13.2 Å². The molecular weight excluding hydrogens is 282 g/mol. The van der Waals surface area contributed by atoms with E-state index in [0.29, 0.717) is 12.1 Å². The molecule has 1 aromatic carbocycles. The largest absolute Gasteiger partial charge is 0.325 e. The number of aromatic amines is 2. The van der Waals surface area contributed by atoms with E-state index in [0.717, 1.165) is 11.8 Å². The Bertz CT molecular complexity index is 882. The van der Waals surface area contributed by atoms with E-state index in [1.165, 1.54) is 4.31 Å². The number of hydrogen-bond donors (Lipinski definition) is 2. The maximum Gasteiger partial charge on any atom is 0.325 e. The average Bonchev–Trinajstić information content (AvgIpc) is 2.82. The molecule has 20 heavy (non-hydrogen) atoms. The van der Waals surface area contributed by atoms with Crippen molar-refractivity contribution in [3.05, 3.63) is 56.9 Å². The smallest absolute Gasteiger partial charge is 0.313 e. The van der Waals surface area contributed by atoms with E-state index < -0.39 is 26.2 Å². The third-order valence-corrected chi connectivity index (χ3v) is 5.02. The fourth-order valence-corrected chi connectivity index (χ4v) is 3.76. The van der Waals surface area contributed by atoms with E-state index >= 15 is 0 Å². The SMILES string of the molecule is O=c1[nH]cc(S(=O)(=O)N2CCc3ccccc32)c(=O)[nH]1. The first-order valence-electron chi connectivity index (χ1n) is 5.93. The monoisotopic (exact) mass is 293 g/mol. The highest BCUT2D eigenvalue weighted by atomic mass is 32.2. The topological polar surface area (TPSA) is 103 Å². The summed E-state index contributed by atoms with van der Waals surface area (Å²) in [5, 5.41) is 0. The van der Waals surface area contributed by atoms with Gasteiger partial charge in [-0.05, 0) is 18.1 Å². The van der Waals surface area contributed by atoms with Crippen LogP contribution in [0.2, 0.25) is 0 Å². The number of sulfonamides is 1. The summed E-state index contributed by atoms with van der Waals surface area (Å²) in [6.07, 6.45) is 1.52. The number of fused-ring (bicyclic) bond motifs is 1. The normalized spacial score (nSPS) is 14.3. The van der Waals surface area contributed by atoms with Gasteiger partial charge in [0.05, 0.1) is 5.69 Å². The Hall–Kier alpha value is -2.35.